The molecule has 0 saturated heterocycles. The maximum Gasteiger partial charge on any atom is 0.0455 e. The van der Waals surface area contributed by atoms with Crippen LogP contribution >= 0.6 is 11.6 Å². The highest BCUT2D eigenvalue weighted by Crippen LogP contribution is 2.24. The van der Waals surface area contributed by atoms with Crippen molar-refractivity contribution in [3.63, 3.8) is 0 Å². The predicted molar refractivity (Wildman–Crippen MR) is 70.0 cm³/mol. The second-order valence-electron chi connectivity index (χ2n) is 4.66. The van der Waals surface area contributed by atoms with Gasteiger partial charge in [-0.25, -0.2) is 0 Å². The smallest absolute Gasteiger partial charge is 0.0455 e. The van der Waals surface area contributed by atoms with E-state index >= 15 is 0 Å². The molecule has 0 spiro atoms. The minimum atomic E-state index is 0.272. The third-order valence-electron chi connectivity index (χ3n) is 3.34. The first-order valence-corrected chi connectivity index (χ1v) is 6.33. The highest BCUT2D eigenvalue weighted by atomic mass is 35.5. The molecule has 0 radical (unpaired) electrons. The summed E-state index contributed by atoms with van der Waals surface area (Å²) in [5.74, 6) is 0. The van der Waals surface area contributed by atoms with Crippen LogP contribution in [0.2, 0.25) is 5.02 Å². The van der Waals surface area contributed by atoms with Gasteiger partial charge in [-0.2, -0.15) is 0 Å². The zero-order valence-corrected chi connectivity index (χ0v) is 10.4. The molecule has 0 bridgehead atoms. The molecule has 2 nitrogen and oxygen atoms in total. The third kappa shape index (κ3) is 2.69. The first-order valence-electron chi connectivity index (χ1n) is 5.95. The van der Waals surface area contributed by atoms with Crippen molar-refractivity contribution < 1.29 is 0 Å². The maximum atomic E-state index is 6.10. The van der Waals surface area contributed by atoms with E-state index < -0.39 is 0 Å². The Morgan fingerprint density at radius 1 is 1.31 bits per heavy atom. The molecule has 2 rings (SSSR count). The lowest BCUT2D eigenvalue weighted by Crippen LogP contribution is -2.42. The molecular formula is C13H19ClN2. The summed E-state index contributed by atoms with van der Waals surface area (Å²) in [5, 5.41) is 4.30. The molecule has 3 heteroatoms. The van der Waals surface area contributed by atoms with E-state index in [1.165, 1.54) is 12.8 Å². The van der Waals surface area contributed by atoms with Gasteiger partial charge in [0.1, 0.15) is 0 Å². The average molecular weight is 239 g/mol. The fourth-order valence-electron chi connectivity index (χ4n) is 2.24. The van der Waals surface area contributed by atoms with E-state index in [2.05, 4.69) is 11.4 Å². The molecule has 0 amide bonds. The van der Waals surface area contributed by atoms with Gasteiger partial charge in [-0.1, -0.05) is 30.5 Å². The molecule has 0 unspecified atom stereocenters. The molecule has 1 aromatic carbocycles. The number of anilines is 1. The van der Waals surface area contributed by atoms with E-state index in [1.54, 1.807) is 0 Å². The molecule has 16 heavy (non-hydrogen) atoms. The standard InChI is InChI=1S/C13H19ClN2/c1-9-6-7-10(8-11(9)14)16-13-5-3-2-4-12(13)15/h6-8,12-13,16H,2-5,15H2,1H3/t12-,13+/m1/s1. The monoisotopic (exact) mass is 238 g/mol. The van der Waals surface area contributed by atoms with Crippen LogP contribution in [-0.2, 0) is 0 Å². The maximum absolute atomic E-state index is 6.10. The van der Waals surface area contributed by atoms with Crippen LogP contribution in [0.5, 0.6) is 0 Å². The second-order valence-corrected chi connectivity index (χ2v) is 5.07. The van der Waals surface area contributed by atoms with Crippen LogP contribution < -0.4 is 11.1 Å². The number of aryl methyl sites for hydroxylation is 1. The van der Waals surface area contributed by atoms with Crippen molar-refractivity contribution in [1.82, 2.24) is 0 Å². The molecule has 1 aliphatic rings. The lowest BCUT2D eigenvalue weighted by atomic mass is 9.91. The van der Waals surface area contributed by atoms with Crippen LogP contribution in [0.1, 0.15) is 31.2 Å². The summed E-state index contributed by atoms with van der Waals surface area (Å²) in [6.45, 7) is 2.01. The number of nitrogens with one attached hydrogen (secondary N) is 1. The lowest BCUT2D eigenvalue weighted by Gasteiger charge is -2.30. The summed E-state index contributed by atoms with van der Waals surface area (Å²) in [6, 6.07) is 6.76. The van der Waals surface area contributed by atoms with Crippen LogP contribution in [-0.4, -0.2) is 12.1 Å². The number of halogens is 1. The number of hydrogen-bond acceptors (Lipinski definition) is 2. The Kier molecular flexibility index (Phi) is 3.72. The zero-order chi connectivity index (χ0) is 11.5. The van der Waals surface area contributed by atoms with Gasteiger partial charge >= 0.3 is 0 Å². The zero-order valence-electron chi connectivity index (χ0n) is 9.67. The van der Waals surface area contributed by atoms with Crippen molar-refractivity contribution >= 4 is 17.3 Å². The van der Waals surface area contributed by atoms with E-state index in [0.717, 1.165) is 29.1 Å². The van der Waals surface area contributed by atoms with Gasteiger partial charge < -0.3 is 11.1 Å². The highest BCUT2D eigenvalue weighted by Gasteiger charge is 2.21. The number of nitrogens with two attached hydrogens (primary N) is 1. The summed E-state index contributed by atoms with van der Waals surface area (Å²) in [4.78, 5) is 0. The minimum Gasteiger partial charge on any atom is -0.381 e. The third-order valence-corrected chi connectivity index (χ3v) is 3.75. The number of hydrogen-bond donors (Lipinski definition) is 2. The van der Waals surface area contributed by atoms with E-state index in [1.807, 2.05) is 19.1 Å². The summed E-state index contributed by atoms with van der Waals surface area (Å²) in [5.41, 5.74) is 8.29. The van der Waals surface area contributed by atoms with Gasteiger partial charge in [0.2, 0.25) is 0 Å². The number of benzene rings is 1. The fourth-order valence-corrected chi connectivity index (χ4v) is 2.42. The van der Waals surface area contributed by atoms with Gasteiger partial charge in [-0.3, -0.25) is 0 Å². The average Bonchev–Trinajstić information content (AvgIpc) is 2.27. The Balaban J connectivity index is 2.05. The van der Waals surface area contributed by atoms with Gasteiger partial charge in [0.15, 0.2) is 0 Å². The second kappa shape index (κ2) is 5.07. The normalized spacial score (nSPS) is 25.4. The van der Waals surface area contributed by atoms with E-state index in [0.29, 0.717) is 6.04 Å². The topological polar surface area (TPSA) is 38.0 Å². The minimum absolute atomic E-state index is 0.272. The Hall–Kier alpha value is -0.730. The van der Waals surface area contributed by atoms with Gasteiger partial charge in [0, 0.05) is 22.8 Å². The van der Waals surface area contributed by atoms with Crippen LogP contribution in [0, 0.1) is 6.92 Å². The van der Waals surface area contributed by atoms with Crippen molar-refractivity contribution in [2.45, 2.75) is 44.7 Å². The SMILES string of the molecule is Cc1ccc(N[C@H]2CCCC[C@H]2N)cc1Cl. The summed E-state index contributed by atoms with van der Waals surface area (Å²) < 4.78 is 0. The van der Waals surface area contributed by atoms with E-state index in [-0.39, 0.29) is 6.04 Å². The molecule has 0 aromatic heterocycles. The summed E-state index contributed by atoms with van der Waals surface area (Å²) in [7, 11) is 0. The fraction of sp³-hybridized carbons (Fsp3) is 0.538. The van der Waals surface area contributed by atoms with Crippen molar-refractivity contribution in [3.05, 3.63) is 28.8 Å². The largest absolute Gasteiger partial charge is 0.381 e. The van der Waals surface area contributed by atoms with Crippen LogP contribution in [0.15, 0.2) is 18.2 Å². The molecule has 1 aromatic rings. The van der Waals surface area contributed by atoms with Crippen molar-refractivity contribution in [2.75, 3.05) is 5.32 Å². The van der Waals surface area contributed by atoms with Crippen molar-refractivity contribution in [2.24, 2.45) is 5.73 Å². The van der Waals surface area contributed by atoms with E-state index in [9.17, 15) is 0 Å². The van der Waals surface area contributed by atoms with Crippen LogP contribution in [0.25, 0.3) is 0 Å². The van der Waals surface area contributed by atoms with Gasteiger partial charge in [0.25, 0.3) is 0 Å². The van der Waals surface area contributed by atoms with Crippen LogP contribution in [0.3, 0.4) is 0 Å². The van der Waals surface area contributed by atoms with Gasteiger partial charge in [0.05, 0.1) is 0 Å². The molecule has 88 valence electrons. The Morgan fingerprint density at radius 2 is 2.06 bits per heavy atom. The lowest BCUT2D eigenvalue weighted by molar-refractivity contribution is 0.404. The molecule has 0 aliphatic heterocycles. The Morgan fingerprint density at radius 3 is 2.75 bits per heavy atom. The summed E-state index contributed by atoms with van der Waals surface area (Å²) in [6.07, 6.45) is 4.81. The van der Waals surface area contributed by atoms with Gasteiger partial charge in [-0.15, -0.1) is 0 Å². The molecule has 1 fully saturated rings. The molecule has 3 N–H and O–H groups in total. The van der Waals surface area contributed by atoms with E-state index in [4.69, 9.17) is 17.3 Å². The molecule has 2 atom stereocenters. The predicted octanol–water partition coefficient (Wildman–Crippen LogP) is 3.33. The first-order chi connectivity index (χ1) is 7.66. The summed E-state index contributed by atoms with van der Waals surface area (Å²) >= 11 is 6.10. The molecule has 0 heterocycles. The Labute approximate surface area is 102 Å². The highest BCUT2D eigenvalue weighted by molar-refractivity contribution is 6.31. The van der Waals surface area contributed by atoms with Crippen molar-refractivity contribution in [1.29, 1.82) is 0 Å². The van der Waals surface area contributed by atoms with Crippen LogP contribution in [0.4, 0.5) is 5.69 Å². The molecule has 1 saturated carbocycles. The molecule has 1 aliphatic carbocycles. The first kappa shape index (κ1) is 11.7. The number of rotatable bonds is 2. The molecular weight excluding hydrogens is 220 g/mol. The van der Waals surface area contributed by atoms with Crippen molar-refractivity contribution in [3.8, 4) is 0 Å². The Bertz CT molecular complexity index is 365. The quantitative estimate of drug-likeness (QED) is 0.830. The van der Waals surface area contributed by atoms with Gasteiger partial charge in [-0.05, 0) is 37.5 Å².